The highest BCUT2D eigenvalue weighted by atomic mass is 16.6. The molecule has 1 aliphatic rings. The molecule has 6 nitrogen and oxygen atoms in total. The molecule has 16 heavy (non-hydrogen) atoms. The topological polar surface area (TPSA) is 68.5 Å². The zero-order valence-corrected chi connectivity index (χ0v) is 9.21. The van der Waals surface area contributed by atoms with Crippen LogP contribution in [0.3, 0.4) is 0 Å². The van der Waals surface area contributed by atoms with Crippen molar-refractivity contribution in [2.24, 2.45) is 0 Å². The van der Waals surface area contributed by atoms with Crippen LogP contribution in [-0.2, 0) is 0 Å². The zero-order valence-electron chi connectivity index (χ0n) is 9.21. The van der Waals surface area contributed by atoms with Crippen LogP contribution in [-0.4, -0.2) is 30.1 Å². The highest BCUT2D eigenvalue weighted by molar-refractivity contribution is 5.48. The van der Waals surface area contributed by atoms with Gasteiger partial charge in [0.15, 0.2) is 0 Å². The van der Waals surface area contributed by atoms with Gasteiger partial charge in [0.1, 0.15) is 5.75 Å². The van der Waals surface area contributed by atoms with E-state index in [0.717, 1.165) is 12.8 Å². The third kappa shape index (κ3) is 2.39. The van der Waals surface area contributed by atoms with Crippen LogP contribution in [0.25, 0.3) is 0 Å². The first-order chi connectivity index (χ1) is 7.56. The molecule has 0 saturated heterocycles. The monoisotopic (exact) mass is 223 g/mol. The molecule has 1 fully saturated rings. The van der Waals surface area contributed by atoms with E-state index in [9.17, 15) is 10.1 Å². The predicted molar refractivity (Wildman–Crippen MR) is 58.9 cm³/mol. The molecule has 1 aromatic rings. The standard InChI is InChI=1S/C10H13N3O3/c1-12(2)9-5-8(16-7-3-4-7)6-10(11-9)13(14)15/h5-7H,3-4H2,1-2H3. The summed E-state index contributed by atoms with van der Waals surface area (Å²) in [5.41, 5.74) is 0. The Morgan fingerprint density at radius 3 is 2.69 bits per heavy atom. The average molecular weight is 223 g/mol. The van der Waals surface area contributed by atoms with E-state index >= 15 is 0 Å². The van der Waals surface area contributed by atoms with Gasteiger partial charge >= 0.3 is 5.82 Å². The van der Waals surface area contributed by atoms with Gasteiger partial charge in [0.25, 0.3) is 0 Å². The molecule has 0 N–H and O–H groups in total. The van der Waals surface area contributed by atoms with Gasteiger partial charge in [0, 0.05) is 20.2 Å². The van der Waals surface area contributed by atoms with E-state index in [-0.39, 0.29) is 11.9 Å². The molecule has 0 unspecified atom stereocenters. The van der Waals surface area contributed by atoms with Crippen molar-refractivity contribution >= 4 is 11.6 Å². The molecular weight excluding hydrogens is 210 g/mol. The van der Waals surface area contributed by atoms with Crippen LogP contribution in [0, 0.1) is 10.1 Å². The number of hydrogen-bond donors (Lipinski definition) is 0. The van der Waals surface area contributed by atoms with Crippen LogP contribution in [0.4, 0.5) is 11.6 Å². The minimum absolute atomic E-state index is 0.179. The lowest BCUT2D eigenvalue weighted by Gasteiger charge is -2.09. The van der Waals surface area contributed by atoms with E-state index in [0.29, 0.717) is 11.6 Å². The van der Waals surface area contributed by atoms with Gasteiger partial charge in [-0.15, -0.1) is 0 Å². The number of ether oxygens (including phenoxy) is 1. The molecule has 86 valence electrons. The maximum atomic E-state index is 10.7. The Morgan fingerprint density at radius 1 is 1.50 bits per heavy atom. The third-order valence-electron chi connectivity index (χ3n) is 2.24. The Kier molecular flexibility index (Phi) is 2.64. The van der Waals surface area contributed by atoms with Crippen molar-refractivity contribution in [3.05, 3.63) is 22.2 Å². The molecule has 0 aromatic carbocycles. The minimum Gasteiger partial charge on any atom is -0.490 e. The fraction of sp³-hybridized carbons (Fsp3) is 0.500. The highest BCUT2D eigenvalue weighted by Gasteiger charge is 2.25. The van der Waals surface area contributed by atoms with Crippen LogP contribution in [0.5, 0.6) is 5.75 Å². The predicted octanol–water partition coefficient (Wildman–Crippen LogP) is 1.60. The van der Waals surface area contributed by atoms with Gasteiger partial charge in [-0.2, -0.15) is 0 Å². The Bertz CT molecular complexity index is 416. The van der Waals surface area contributed by atoms with Crippen molar-refractivity contribution in [1.29, 1.82) is 0 Å². The van der Waals surface area contributed by atoms with Crippen molar-refractivity contribution in [2.45, 2.75) is 18.9 Å². The number of anilines is 1. The number of nitro groups is 1. The summed E-state index contributed by atoms with van der Waals surface area (Å²) in [6.07, 6.45) is 2.26. The molecule has 1 aliphatic carbocycles. The SMILES string of the molecule is CN(C)c1cc(OC2CC2)cc([N+](=O)[O-])n1. The van der Waals surface area contributed by atoms with Crippen LogP contribution < -0.4 is 9.64 Å². The number of hydrogen-bond acceptors (Lipinski definition) is 5. The number of aromatic nitrogens is 1. The van der Waals surface area contributed by atoms with Gasteiger partial charge in [-0.1, -0.05) is 0 Å². The largest absolute Gasteiger partial charge is 0.490 e. The second-order valence-corrected chi connectivity index (χ2v) is 3.99. The van der Waals surface area contributed by atoms with Crippen molar-refractivity contribution in [3.8, 4) is 5.75 Å². The lowest BCUT2D eigenvalue weighted by molar-refractivity contribution is -0.389. The first-order valence-electron chi connectivity index (χ1n) is 5.07. The van der Waals surface area contributed by atoms with E-state index in [1.54, 1.807) is 25.1 Å². The molecule has 0 atom stereocenters. The number of rotatable bonds is 4. The molecule has 0 bridgehead atoms. The normalized spacial score (nSPS) is 14.6. The molecular formula is C10H13N3O3. The van der Waals surface area contributed by atoms with E-state index < -0.39 is 4.92 Å². The van der Waals surface area contributed by atoms with Gasteiger partial charge in [0.05, 0.1) is 12.2 Å². The first kappa shape index (κ1) is 10.7. The summed E-state index contributed by atoms with van der Waals surface area (Å²) >= 11 is 0. The fourth-order valence-electron chi connectivity index (χ4n) is 1.25. The molecule has 6 heteroatoms. The lowest BCUT2D eigenvalue weighted by Crippen LogP contribution is -2.12. The Balaban J connectivity index is 2.31. The fourth-order valence-corrected chi connectivity index (χ4v) is 1.25. The van der Waals surface area contributed by atoms with E-state index in [2.05, 4.69) is 4.98 Å². The van der Waals surface area contributed by atoms with Gasteiger partial charge in [-0.25, -0.2) is 0 Å². The van der Waals surface area contributed by atoms with Gasteiger partial charge < -0.3 is 19.8 Å². The summed E-state index contributed by atoms with van der Waals surface area (Å²) in [5.74, 6) is 0.875. The van der Waals surface area contributed by atoms with Crippen molar-refractivity contribution in [1.82, 2.24) is 4.98 Å². The summed E-state index contributed by atoms with van der Waals surface area (Å²) in [6, 6.07) is 3.08. The van der Waals surface area contributed by atoms with Gasteiger partial charge in [0.2, 0.25) is 5.82 Å². The molecule has 0 spiro atoms. The van der Waals surface area contributed by atoms with Gasteiger partial charge in [-0.05, 0) is 22.7 Å². The van der Waals surface area contributed by atoms with Crippen molar-refractivity contribution < 1.29 is 9.66 Å². The van der Waals surface area contributed by atoms with E-state index in [1.165, 1.54) is 6.07 Å². The maximum absolute atomic E-state index is 10.7. The van der Waals surface area contributed by atoms with Crippen LogP contribution in [0.15, 0.2) is 12.1 Å². The summed E-state index contributed by atoms with van der Waals surface area (Å²) in [7, 11) is 3.57. The molecule has 1 saturated carbocycles. The van der Waals surface area contributed by atoms with Crippen molar-refractivity contribution in [3.63, 3.8) is 0 Å². The van der Waals surface area contributed by atoms with Gasteiger partial charge in [-0.3, -0.25) is 0 Å². The third-order valence-corrected chi connectivity index (χ3v) is 2.24. The molecule has 0 aliphatic heterocycles. The van der Waals surface area contributed by atoms with Crippen LogP contribution >= 0.6 is 0 Å². The minimum atomic E-state index is -0.507. The Morgan fingerprint density at radius 2 is 2.19 bits per heavy atom. The summed E-state index contributed by atoms with van der Waals surface area (Å²) in [4.78, 5) is 15.8. The molecule has 1 heterocycles. The number of pyridine rings is 1. The second-order valence-electron chi connectivity index (χ2n) is 3.99. The van der Waals surface area contributed by atoms with Crippen LogP contribution in [0.1, 0.15) is 12.8 Å². The zero-order chi connectivity index (χ0) is 11.7. The second kappa shape index (κ2) is 3.96. The Labute approximate surface area is 93.0 Å². The van der Waals surface area contributed by atoms with E-state index in [1.807, 2.05) is 0 Å². The lowest BCUT2D eigenvalue weighted by atomic mass is 10.4. The smallest absolute Gasteiger partial charge is 0.369 e. The summed E-state index contributed by atoms with van der Waals surface area (Å²) in [6.45, 7) is 0. The summed E-state index contributed by atoms with van der Waals surface area (Å²) in [5, 5.41) is 10.7. The molecule has 0 amide bonds. The molecule has 0 radical (unpaired) electrons. The average Bonchev–Trinajstić information content (AvgIpc) is 3.01. The van der Waals surface area contributed by atoms with E-state index in [4.69, 9.17) is 4.74 Å². The quantitative estimate of drug-likeness (QED) is 0.572. The number of nitrogens with zero attached hydrogens (tertiary/aromatic N) is 3. The summed E-state index contributed by atoms with van der Waals surface area (Å²) < 4.78 is 5.54. The molecule has 2 rings (SSSR count). The van der Waals surface area contributed by atoms with Crippen LogP contribution in [0.2, 0.25) is 0 Å². The Hall–Kier alpha value is -1.85. The highest BCUT2D eigenvalue weighted by Crippen LogP contribution is 2.30. The van der Waals surface area contributed by atoms with Crippen molar-refractivity contribution in [2.75, 3.05) is 19.0 Å². The molecule has 1 aromatic heterocycles. The maximum Gasteiger partial charge on any atom is 0.369 e. The first-order valence-corrected chi connectivity index (χ1v) is 5.07.